The molecular weight excluding hydrogens is 298 g/mol. The van der Waals surface area contributed by atoms with Crippen LogP contribution in [0.25, 0.3) is 0 Å². The molecule has 2 rings (SSSR count). The Bertz CT molecular complexity index is 613. The van der Waals surface area contributed by atoms with Crippen LogP contribution < -0.4 is 5.32 Å². The fourth-order valence-corrected chi connectivity index (χ4v) is 2.27. The molecule has 0 bridgehead atoms. The van der Waals surface area contributed by atoms with E-state index in [0.717, 1.165) is 0 Å². The fourth-order valence-electron chi connectivity index (χ4n) is 1.48. The van der Waals surface area contributed by atoms with E-state index in [1.54, 1.807) is 41.8 Å². The number of carbonyl (C=O) groups is 2. The van der Waals surface area contributed by atoms with Crippen LogP contribution >= 0.6 is 22.9 Å². The molecule has 104 valence electrons. The molecule has 0 radical (unpaired) electrons. The van der Waals surface area contributed by atoms with Gasteiger partial charge in [0.25, 0.3) is 5.91 Å². The van der Waals surface area contributed by atoms with Crippen LogP contribution in [0, 0.1) is 0 Å². The van der Waals surface area contributed by atoms with Crippen molar-refractivity contribution in [1.82, 2.24) is 0 Å². The van der Waals surface area contributed by atoms with Crippen molar-refractivity contribution in [2.24, 2.45) is 0 Å². The van der Waals surface area contributed by atoms with Gasteiger partial charge >= 0.3 is 5.97 Å². The van der Waals surface area contributed by atoms with E-state index in [4.69, 9.17) is 16.3 Å². The zero-order valence-corrected chi connectivity index (χ0v) is 12.2. The van der Waals surface area contributed by atoms with E-state index in [9.17, 15) is 9.59 Å². The predicted octanol–water partition coefficient (Wildman–Crippen LogP) is 3.59. The van der Waals surface area contributed by atoms with Gasteiger partial charge < -0.3 is 10.1 Å². The van der Waals surface area contributed by atoms with E-state index in [0.29, 0.717) is 15.6 Å². The Morgan fingerprint density at radius 2 is 2.10 bits per heavy atom. The number of halogens is 1. The van der Waals surface area contributed by atoms with Crippen molar-refractivity contribution in [3.63, 3.8) is 0 Å². The molecule has 0 aliphatic rings. The molecule has 1 atom stereocenters. The minimum absolute atomic E-state index is 0.405. The zero-order chi connectivity index (χ0) is 14.5. The highest BCUT2D eigenvalue weighted by molar-refractivity contribution is 7.11. The SMILES string of the molecule is C[C@H](OC(=O)c1cccs1)C(=O)Nc1cccc(Cl)c1. The van der Waals surface area contributed by atoms with E-state index in [2.05, 4.69) is 5.32 Å². The lowest BCUT2D eigenvalue weighted by Gasteiger charge is -2.13. The summed E-state index contributed by atoms with van der Waals surface area (Å²) in [6.45, 7) is 1.52. The van der Waals surface area contributed by atoms with Crippen LogP contribution in [0.2, 0.25) is 5.02 Å². The van der Waals surface area contributed by atoms with Gasteiger partial charge in [0, 0.05) is 10.7 Å². The lowest BCUT2D eigenvalue weighted by molar-refractivity contribution is -0.123. The van der Waals surface area contributed by atoms with E-state index in [1.165, 1.54) is 18.3 Å². The smallest absolute Gasteiger partial charge is 0.349 e. The monoisotopic (exact) mass is 309 g/mol. The number of carbonyl (C=O) groups excluding carboxylic acids is 2. The van der Waals surface area contributed by atoms with Gasteiger partial charge in [-0.2, -0.15) is 0 Å². The van der Waals surface area contributed by atoms with E-state index in [-0.39, 0.29) is 0 Å². The highest BCUT2D eigenvalue weighted by atomic mass is 35.5. The van der Waals surface area contributed by atoms with Gasteiger partial charge in [-0.15, -0.1) is 11.3 Å². The number of rotatable bonds is 4. The minimum Gasteiger partial charge on any atom is -0.448 e. The summed E-state index contributed by atoms with van der Waals surface area (Å²) < 4.78 is 5.09. The van der Waals surface area contributed by atoms with Crippen LogP contribution in [0.15, 0.2) is 41.8 Å². The second-order valence-electron chi connectivity index (χ2n) is 4.02. The largest absolute Gasteiger partial charge is 0.448 e. The lowest BCUT2D eigenvalue weighted by Crippen LogP contribution is -2.29. The molecule has 1 N–H and O–H groups in total. The van der Waals surface area contributed by atoms with Gasteiger partial charge in [-0.25, -0.2) is 4.79 Å². The normalized spacial score (nSPS) is 11.7. The standard InChI is InChI=1S/C14H12ClNO3S/c1-9(19-14(18)12-6-3-7-20-12)13(17)16-11-5-2-4-10(15)8-11/h2-9H,1H3,(H,16,17)/t9-/m0/s1. The first-order valence-corrected chi connectivity index (χ1v) is 7.13. The third-order valence-corrected chi connectivity index (χ3v) is 3.55. The van der Waals surface area contributed by atoms with E-state index in [1.807, 2.05) is 0 Å². The maximum absolute atomic E-state index is 11.9. The van der Waals surface area contributed by atoms with Crippen molar-refractivity contribution in [2.45, 2.75) is 13.0 Å². The summed E-state index contributed by atoms with van der Waals surface area (Å²) >= 11 is 7.09. The number of benzene rings is 1. The first-order chi connectivity index (χ1) is 9.56. The quantitative estimate of drug-likeness (QED) is 0.878. The summed E-state index contributed by atoms with van der Waals surface area (Å²) in [6.07, 6.45) is -0.886. The Labute approximate surface area is 125 Å². The number of anilines is 1. The highest BCUT2D eigenvalue weighted by Crippen LogP contribution is 2.16. The first-order valence-electron chi connectivity index (χ1n) is 5.87. The molecule has 1 aromatic carbocycles. The molecule has 2 aromatic rings. The van der Waals surface area contributed by atoms with Gasteiger partial charge in [0.1, 0.15) is 4.88 Å². The van der Waals surface area contributed by atoms with Crippen LogP contribution in [0.3, 0.4) is 0 Å². The molecule has 0 aliphatic heterocycles. The molecule has 1 amide bonds. The summed E-state index contributed by atoms with van der Waals surface area (Å²) in [5.74, 6) is -0.911. The molecule has 0 fully saturated rings. The maximum Gasteiger partial charge on any atom is 0.349 e. The number of hydrogen-bond donors (Lipinski definition) is 1. The van der Waals surface area contributed by atoms with Gasteiger partial charge in [-0.3, -0.25) is 4.79 Å². The molecule has 4 nitrogen and oxygen atoms in total. The number of nitrogens with one attached hydrogen (secondary N) is 1. The van der Waals surface area contributed by atoms with Gasteiger partial charge in [0.05, 0.1) is 0 Å². The van der Waals surface area contributed by atoms with Gasteiger partial charge in [0.15, 0.2) is 6.10 Å². The summed E-state index contributed by atoms with van der Waals surface area (Å²) in [5, 5.41) is 4.93. The molecule has 6 heteroatoms. The first kappa shape index (κ1) is 14.6. The van der Waals surface area contributed by atoms with Crippen LogP contribution in [0.5, 0.6) is 0 Å². The minimum atomic E-state index is -0.886. The van der Waals surface area contributed by atoms with Crippen molar-refractivity contribution >= 4 is 40.5 Å². The van der Waals surface area contributed by atoms with Crippen molar-refractivity contribution in [1.29, 1.82) is 0 Å². The fraction of sp³-hybridized carbons (Fsp3) is 0.143. The van der Waals surface area contributed by atoms with Crippen molar-refractivity contribution < 1.29 is 14.3 Å². The summed E-state index contributed by atoms with van der Waals surface area (Å²) in [5.41, 5.74) is 0.557. The summed E-state index contributed by atoms with van der Waals surface area (Å²) in [4.78, 5) is 24.1. The van der Waals surface area contributed by atoms with Crippen molar-refractivity contribution in [3.8, 4) is 0 Å². The molecular formula is C14H12ClNO3S. The summed E-state index contributed by atoms with van der Waals surface area (Å²) in [6, 6.07) is 10.1. The second kappa shape index (κ2) is 6.54. The number of thiophene rings is 1. The zero-order valence-electron chi connectivity index (χ0n) is 10.6. The molecule has 0 spiro atoms. The van der Waals surface area contributed by atoms with E-state index < -0.39 is 18.0 Å². The van der Waals surface area contributed by atoms with Gasteiger partial charge in [-0.05, 0) is 36.6 Å². The van der Waals surface area contributed by atoms with Crippen LogP contribution in [-0.4, -0.2) is 18.0 Å². The molecule has 1 heterocycles. The third kappa shape index (κ3) is 3.82. The van der Waals surface area contributed by atoms with Gasteiger partial charge in [-0.1, -0.05) is 23.7 Å². The lowest BCUT2D eigenvalue weighted by atomic mass is 10.3. The van der Waals surface area contributed by atoms with Crippen LogP contribution in [0.1, 0.15) is 16.6 Å². The highest BCUT2D eigenvalue weighted by Gasteiger charge is 2.19. The van der Waals surface area contributed by atoms with Crippen LogP contribution in [0.4, 0.5) is 5.69 Å². The number of hydrogen-bond acceptors (Lipinski definition) is 4. The van der Waals surface area contributed by atoms with Gasteiger partial charge in [0.2, 0.25) is 0 Å². The molecule has 0 aliphatic carbocycles. The topological polar surface area (TPSA) is 55.4 Å². The average Bonchev–Trinajstić information content (AvgIpc) is 2.92. The Balaban J connectivity index is 1.94. The second-order valence-corrected chi connectivity index (χ2v) is 5.41. The number of amides is 1. The maximum atomic E-state index is 11.9. The van der Waals surface area contributed by atoms with Crippen molar-refractivity contribution in [2.75, 3.05) is 5.32 Å². The number of ether oxygens (including phenoxy) is 1. The Morgan fingerprint density at radius 1 is 1.30 bits per heavy atom. The molecule has 0 unspecified atom stereocenters. The summed E-state index contributed by atoms with van der Waals surface area (Å²) in [7, 11) is 0. The van der Waals surface area contributed by atoms with Crippen molar-refractivity contribution in [3.05, 3.63) is 51.7 Å². The predicted molar refractivity (Wildman–Crippen MR) is 79.3 cm³/mol. The number of esters is 1. The Hall–Kier alpha value is -1.85. The Kier molecular flexibility index (Phi) is 4.76. The van der Waals surface area contributed by atoms with Crippen LogP contribution in [-0.2, 0) is 9.53 Å². The molecule has 0 saturated heterocycles. The molecule has 20 heavy (non-hydrogen) atoms. The average molecular weight is 310 g/mol. The van der Waals surface area contributed by atoms with E-state index >= 15 is 0 Å². The third-order valence-electron chi connectivity index (χ3n) is 2.47. The molecule has 0 saturated carbocycles. The molecule has 1 aromatic heterocycles. The Morgan fingerprint density at radius 3 is 2.75 bits per heavy atom.